The first kappa shape index (κ1) is 17.5. The van der Waals surface area contributed by atoms with Crippen LogP contribution < -0.4 is 10.1 Å². The Balaban J connectivity index is 1.65. The van der Waals surface area contributed by atoms with Crippen molar-refractivity contribution < 1.29 is 18.4 Å². The van der Waals surface area contributed by atoms with Crippen molar-refractivity contribution in [2.75, 3.05) is 13.2 Å². The molecule has 126 valence electrons. The maximum Gasteiger partial charge on any atom is 0.221 e. The summed E-state index contributed by atoms with van der Waals surface area (Å²) in [7, 11) is 0. The molecule has 0 spiro atoms. The average molecular weight is 330 g/mol. The van der Waals surface area contributed by atoms with Crippen LogP contribution in [-0.4, -0.2) is 24.2 Å². The van der Waals surface area contributed by atoms with Gasteiger partial charge in [0.05, 0.1) is 12.2 Å². The van der Waals surface area contributed by atoms with Crippen molar-refractivity contribution in [3.05, 3.63) is 47.1 Å². The number of nitrogens with one attached hydrogen (secondary N) is 1. The summed E-state index contributed by atoms with van der Waals surface area (Å²) in [6.45, 7) is 3.97. The summed E-state index contributed by atoms with van der Waals surface area (Å²) < 4.78 is 23.5. The van der Waals surface area contributed by atoms with E-state index in [1.165, 1.54) is 12.1 Å². The highest BCUT2D eigenvalue weighted by Gasteiger charge is 2.10. The second-order valence-electron chi connectivity index (χ2n) is 5.15. The monoisotopic (exact) mass is 330 g/mol. The number of benzene rings is 1. The van der Waals surface area contributed by atoms with E-state index in [2.05, 4.69) is 22.3 Å². The standard InChI is InChI=1S/C18H19FN2O3/c1-13-15(14(2)24-21-13)9-10-18(22)20-11-5-6-12-23-17-8-4-3-7-16(17)19/h3-4,7-8H,9-12H2,1-2H3,(H,20,22). The molecule has 0 atom stereocenters. The summed E-state index contributed by atoms with van der Waals surface area (Å²) in [6.07, 6.45) is 0.924. The molecule has 1 aromatic carbocycles. The van der Waals surface area contributed by atoms with Crippen molar-refractivity contribution in [2.24, 2.45) is 0 Å². The summed E-state index contributed by atoms with van der Waals surface area (Å²) in [4.78, 5) is 11.7. The van der Waals surface area contributed by atoms with E-state index < -0.39 is 5.82 Å². The van der Waals surface area contributed by atoms with Crippen molar-refractivity contribution in [2.45, 2.75) is 26.7 Å². The fraction of sp³-hybridized carbons (Fsp3) is 0.333. The third kappa shape index (κ3) is 5.13. The smallest absolute Gasteiger partial charge is 0.221 e. The van der Waals surface area contributed by atoms with Crippen LogP contribution in [0.25, 0.3) is 0 Å². The molecule has 0 unspecified atom stereocenters. The Morgan fingerprint density at radius 2 is 2.12 bits per heavy atom. The normalized spacial score (nSPS) is 9.96. The molecule has 0 aliphatic carbocycles. The minimum Gasteiger partial charge on any atom is -0.478 e. The largest absolute Gasteiger partial charge is 0.478 e. The molecule has 0 fully saturated rings. The Bertz CT molecular complexity index is 740. The van der Waals surface area contributed by atoms with Crippen LogP contribution in [0.4, 0.5) is 4.39 Å². The predicted octanol–water partition coefficient (Wildman–Crippen LogP) is 2.56. The SMILES string of the molecule is Cc1noc(C)c1CCC(=O)NCC#CCOc1ccccc1F. The molecule has 5 nitrogen and oxygen atoms in total. The highest BCUT2D eigenvalue weighted by atomic mass is 19.1. The van der Waals surface area contributed by atoms with Gasteiger partial charge in [0.1, 0.15) is 12.4 Å². The zero-order chi connectivity index (χ0) is 17.4. The van der Waals surface area contributed by atoms with Crippen LogP contribution in [-0.2, 0) is 11.2 Å². The van der Waals surface area contributed by atoms with Gasteiger partial charge < -0.3 is 14.6 Å². The van der Waals surface area contributed by atoms with Gasteiger partial charge in [-0.05, 0) is 32.4 Å². The van der Waals surface area contributed by atoms with E-state index in [9.17, 15) is 9.18 Å². The first-order valence-electron chi connectivity index (χ1n) is 7.59. The number of hydrogen-bond donors (Lipinski definition) is 1. The summed E-state index contributed by atoms with van der Waals surface area (Å²) >= 11 is 0. The maximum atomic E-state index is 13.3. The van der Waals surface area contributed by atoms with Gasteiger partial charge in [-0.15, -0.1) is 0 Å². The van der Waals surface area contributed by atoms with Crippen LogP contribution in [0.15, 0.2) is 28.8 Å². The van der Waals surface area contributed by atoms with Crippen molar-refractivity contribution in [3.63, 3.8) is 0 Å². The maximum absolute atomic E-state index is 13.3. The molecule has 0 saturated carbocycles. The molecule has 1 aromatic heterocycles. The second-order valence-corrected chi connectivity index (χ2v) is 5.15. The summed E-state index contributed by atoms with van der Waals surface area (Å²) in [5, 5.41) is 6.55. The third-order valence-electron chi connectivity index (χ3n) is 3.42. The van der Waals surface area contributed by atoms with Crippen LogP contribution in [0.2, 0.25) is 0 Å². The number of carbonyl (C=O) groups excluding carboxylic acids is 1. The van der Waals surface area contributed by atoms with Crippen LogP contribution in [0.1, 0.15) is 23.4 Å². The van der Waals surface area contributed by atoms with Crippen LogP contribution in [0, 0.1) is 31.5 Å². The summed E-state index contributed by atoms with van der Waals surface area (Å²) in [6, 6.07) is 6.13. The quantitative estimate of drug-likeness (QED) is 0.827. The van der Waals surface area contributed by atoms with Gasteiger partial charge in [-0.3, -0.25) is 4.79 Å². The van der Waals surface area contributed by atoms with E-state index >= 15 is 0 Å². The van der Waals surface area contributed by atoms with Crippen LogP contribution in [0.3, 0.4) is 0 Å². The summed E-state index contributed by atoms with van der Waals surface area (Å²) in [5.41, 5.74) is 1.78. The van der Waals surface area contributed by atoms with Gasteiger partial charge >= 0.3 is 0 Å². The molecule has 6 heteroatoms. The molecule has 24 heavy (non-hydrogen) atoms. The van der Waals surface area contributed by atoms with Crippen molar-refractivity contribution in [1.82, 2.24) is 10.5 Å². The lowest BCUT2D eigenvalue weighted by molar-refractivity contribution is -0.120. The molecule has 0 bridgehead atoms. The Morgan fingerprint density at radius 3 is 2.83 bits per heavy atom. The second kappa shape index (κ2) is 8.73. The molecule has 0 saturated heterocycles. The zero-order valence-electron chi connectivity index (χ0n) is 13.7. The zero-order valence-corrected chi connectivity index (χ0v) is 13.7. The molecule has 2 rings (SSSR count). The number of aryl methyl sites for hydroxylation is 2. The van der Waals surface area contributed by atoms with Gasteiger partial charge in [0.2, 0.25) is 5.91 Å². The molecule has 1 heterocycles. The van der Waals surface area contributed by atoms with Gasteiger partial charge in [0, 0.05) is 12.0 Å². The number of amides is 1. The van der Waals surface area contributed by atoms with Crippen LogP contribution in [0.5, 0.6) is 5.75 Å². The number of aromatic nitrogens is 1. The van der Waals surface area contributed by atoms with E-state index in [0.29, 0.717) is 12.8 Å². The van der Waals surface area contributed by atoms with E-state index in [4.69, 9.17) is 9.26 Å². The molecule has 0 radical (unpaired) electrons. The van der Waals surface area contributed by atoms with Gasteiger partial charge in [-0.2, -0.15) is 0 Å². The topological polar surface area (TPSA) is 64.4 Å². The number of nitrogens with zero attached hydrogens (tertiary/aromatic N) is 1. The fourth-order valence-electron chi connectivity index (χ4n) is 2.12. The first-order valence-corrected chi connectivity index (χ1v) is 7.59. The van der Waals surface area contributed by atoms with Crippen molar-refractivity contribution in [1.29, 1.82) is 0 Å². The fourth-order valence-corrected chi connectivity index (χ4v) is 2.12. The lowest BCUT2D eigenvalue weighted by Crippen LogP contribution is -2.24. The predicted molar refractivity (Wildman–Crippen MR) is 87.0 cm³/mol. The van der Waals surface area contributed by atoms with E-state index in [1.54, 1.807) is 12.1 Å². The lowest BCUT2D eigenvalue weighted by atomic mass is 10.1. The van der Waals surface area contributed by atoms with Crippen molar-refractivity contribution in [3.8, 4) is 17.6 Å². The Labute approximate surface area is 140 Å². The van der Waals surface area contributed by atoms with Crippen LogP contribution >= 0.6 is 0 Å². The number of para-hydroxylation sites is 1. The molecular formula is C18H19FN2O3. The number of halogens is 1. The average Bonchev–Trinajstić information content (AvgIpc) is 2.89. The first-order chi connectivity index (χ1) is 11.6. The third-order valence-corrected chi connectivity index (χ3v) is 3.42. The molecule has 0 aliphatic rings. The van der Waals surface area contributed by atoms with E-state index in [0.717, 1.165) is 17.0 Å². The van der Waals surface area contributed by atoms with Gasteiger partial charge in [-0.25, -0.2) is 4.39 Å². The van der Waals surface area contributed by atoms with Crippen molar-refractivity contribution >= 4 is 5.91 Å². The Hall–Kier alpha value is -2.81. The highest BCUT2D eigenvalue weighted by Crippen LogP contribution is 2.15. The number of hydrogen-bond acceptors (Lipinski definition) is 4. The van der Waals surface area contributed by atoms with Gasteiger partial charge in [-0.1, -0.05) is 29.1 Å². The molecule has 1 N–H and O–H groups in total. The summed E-state index contributed by atoms with van der Waals surface area (Å²) in [5.74, 6) is 5.87. The molecule has 0 aliphatic heterocycles. The minimum atomic E-state index is -0.424. The number of ether oxygens (including phenoxy) is 1. The Kier molecular flexibility index (Phi) is 6.38. The molecule has 2 aromatic rings. The molecular weight excluding hydrogens is 311 g/mol. The van der Waals surface area contributed by atoms with E-state index in [1.807, 2.05) is 13.8 Å². The van der Waals surface area contributed by atoms with Gasteiger partial charge in [0.25, 0.3) is 0 Å². The van der Waals surface area contributed by atoms with E-state index in [-0.39, 0.29) is 24.8 Å². The number of rotatable bonds is 6. The lowest BCUT2D eigenvalue weighted by Gasteiger charge is -2.02. The Morgan fingerprint density at radius 1 is 1.33 bits per heavy atom. The minimum absolute atomic E-state index is 0.0654. The van der Waals surface area contributed by atoms with Gasteiger partial charge in [0.15, 0.2) is 11.6 Å². The molecule has 1 amide bonds. The highest BCUT2D eigenvalue weighted by molar-refractivity contribution is 5.76. The number of carbonyl (C=O) groups is 1.